The Morgan fingerprint density at radius 1 is 0.397 bits per heavy atom. The Kier molecular flexibility index (Phi) is 14.9. The molecule has 0 unspecified atom stereocenters. The first kappa shape index (κ1) is 43.3. The lowest BCUT2D eigenvalue weighted by molar-refractivity contribution is 0.306. The number of ether oxygens (including phenoxy) is 3. The van der Waals surface area contributed by atoms with Crippen molar-refractivity contribution in [1.29, 1.82) is 0 Å². The summed E-state index contributed by atoms with van der Waals surface area (Å²) in [6.07, 6.45) is 22.1. The fourth-order valence-corrected chi connectivity index (χ4v) is 8.52. The topological polar surface area (TPSA) is 85.1 Å². The molecule has 2 N–H and O–H groups in total. The number of hydrogen-bond acceptors (Lipinski definition) is 5. The van der Waals surface area contributed by atoms with E-state index in [4.69, 9.17) is 24.2 Å². The summed E-state index contributed by atoms with van der Waals surface area (Å²) in [4.78, 5) is 18.4. The first-order chi connectivity index (χ1) is 31.1. The highest BCUT2D eigenvalue weighted by Gasteiger charge is 2.21. The maximum Gasteiger partial charge on any atom is 0.127 e. The van der Waals surface area contributed by atoms with Crippen LogP contribution in [0, 0.1) is 0 Å². The zero-order chi connectivity index (χ0) is 43.2. The van der Waals surface area contributed by atoms with Gasteiger partial charge >= 0.3 is 0 Å². The van der Waals surface area contributed by atoms with Crippen molar-refractivity contribution in [3.05, 3.63) is 126 Å². The minimum absolute atomic E-state index is 0.650. The van der Waals surface area contributed by atoms with E-state index in [1.807, 2.05) is 0 Å². The van der Waals surface area contributed by atoms with Gasteiger partial charge in [0, 0.05) is 55.4 Å². The second kappa shape index (κ2) is 21.6. The van der Waals surface area contributed by atoms with Gasteiger partial charge in [0.05, 0.1) is 42.6 Å². The summed E-state index contributed by atoms with van der Waals surface area (Å²) in [5, 5.41) is 0. The SMILES string of the molecule is CCCCCCOc1ccccc1-c1c2nc(c(-c3ccccc3OCCCCCC)c3ccc([nH]3)c(-c3ccccc3OCCCCCC)c3nc(cc4ccc1[nH]4)C=C3)C=C2. The summed E-state index contributed by atoms with van der Waals surface area (Å²) in [5.74, 6) is 2.53. The number of unbranched alkanes of at least 4 members (excludes halogenated alkanes) is 9. The Morgan fingerprint density at radius 3 is 1.25 bits per heavy atom. The zero-order valence-corrected chi connectivity index (χ0v) is 37.4. The molecule has 6 aromatic rings. The molecule has 0 radical (unpaired) electrons. The third-order valence-electron chi connectivity index (χ3n) is 11.8. The molecule has 8 rings (SSSR count). The monoisotopic (exact) mass is 838 g/mol. The molecule has 7 heteroatoms. The molecule has 0 aliphatic carbocycles. The van der Waals surface area contributed by atoms with Gasteiger partial charge < -0.3 is 24.2 Å². The lowest BCUT2D eigenvalue weighted by Crippen LogP contribution is -2.00. The molecule has 5 heterocycles. The summed E-state index contributed by atoms with van der Waals surface area (Å²) < 4.78 is 19.7. The molecule has 0 atom stereocenters. The van der Waals surface area contributed by atoms with Gasteiger partial charge in [-0.15, -0.1) is 0 Å². The molecule has 0 fully saturated rings. The third kappa shape index (κ3) is 10.5. The molecule has 0 saturated carbocycles. The number of nitrogens with zero attached hydrogens (tertiary/aromatic N) is 2. The van der Waals surface area contributed by atoms with Crippen LogP contribution in [0.3, 0.4) is 0 Å². The minimum Gasteiger partial charge on any atom is -0.493 e. The van der Waals surface area contributed by atoms with E-state index in [0.29, 0.717) is 19.8 Å². The molecule has 2 aliphatic rings. The van der Waals surface area contributed by atoms with Gasteiger partial charge in [-0.05, 0) is 92.1 Å². The van der Waals surface area contributed by atoms with Crippen LogP contribution in [0.2, 0.25) is 0 Å². The lowest BCUT2D eigenvalue weighted by Gasteiger charge is -2.14. The standard InChI is InChI=1S/C56H62N4O3/c1-4-7-10-19-36-61-51-25-16-13-22-42(51)54-45-30-28-40(57-45)39-41-29-31-46(58-41)55(43-23-14-17-26-52(43)62-37-20-11-8-5-2)48-33-35-50(60-48)56(49-34-32-47(54)59-49)44-24-15-18-27-53(44)63-38-21-12-9-6-3/h13-18,22-35,39,57,60H,4-12,19-21,36-38H2,1-3H3. The van der Waals surface area contributed by atoms with Crippen LogP contribution in [-0.4, -0.2) is 39.8 Å². The van der Waals surface area contributed by atoms with E-state index >= 15 is 0 Å². The van der Waals surface area contributed by atoms with Crippen molar-refractivity contribution in [3.8, 4) is 50.6 Å². The van der Waals surface area contributed by atoms with Gasteiger partial charge in [-0.1, -0.05) is 133 Å². The molecule has 3 aromatic heterocycles. The van der Waals surface area contributed by atoms with Crippen LogP contribution in [0.1, 0.15) is 121 Å². The van der Waals surface area contributed by atoms with Crippen molar-refractivity contribution in [2.24, 2.45) is 0 Å². The second-order valence-electron chi connectivity index (χ2n) is 16.6. The fraction of sp³-hybridized carbons (Fsp3) is 0.321. The molecular weight excluding hydrogens is 777 g/mol. The normalized spacial score (nSPS) is 11.9. The van der Waals surface area contributed by atoms with Crippen LogP contribution < -0.4 is 14.2 Å². The quantitative estimate of drug-likeness (QED) is 0.0704. The summed E-state index contributed by atoms with van der Waals surface area (Å²) in [5.41, 5.74) is 13.0. The Labute approximate surface area is 373 Å². The Bertz CT molecular complexity index is 2650. The third-order valence-corrected chi connectivity index (χ3v) is 11.8. The van der Waals surface area contributed by atoms with E-state index in [1.165, 1.54) is 38.5 Å². The molecule has 63 heavy (non-hydrogen) atoms. The van der Waals surface area contributed by atoms with Crippen LogP contribution in [-0.2, 0) is 0 Å². The van der Waals surface area contributed by atoms with Crippen molar-refractivity contribution >= 4 is 46.4 Å². The van der Waals surface area contributed by atoms with E-state index in [0.717, 1.165) is 134 Å². The van der Waals surface area contributed by atoms with E-state index in [9.17, 15) is 0 Å². The largest absolute Gasteiger partial charge is 0.493 e. The maximum atomic E-state index is 6.62. The van der Waals surface area contributed by atoms with Gasteiger partial charge in [-0.2, -0.15) is 0 Å². The van der Waals surface area contributed by atoms with Gasteiger partial charge in [0.2, 0.25) is 0 Å². The first-order valence-corrected chi connectivity index (χ1v) is 23.4. The Hall–Kier alpha value is -6.34. The molecule has 3 aromatic carbocycles. The number of fused-ring (bicyclic) bond motifs is 8. The van der Waals surface area contributed by atoms with E-state index in [-0.39, 0.29) is 0 Å². The second-order valence-corrected chi connectivity index (χ2v) is 16.6. The summed E-state index contributed by atoms with van der Waals surface area (Å²) >= 11 is 0. The van der Waals surface area contributed by atoms with Gasteiger partial charge in [-0.25, -0.2) is 9.97 Å². The molecule has 8 bridgehead atoms. The van der Waals surface area contributed by atoms with Crippen molar-refractivity contribution in [2.45, 2.75) is 97.8 Å². The number of H-pyrrole nitrogens is 2. The highest BCUT2D eigenvalue weighted by atomic mass is 16.5. The average molecular weight is 839 g/mol. The van der Waals surface area contributed by atoms with Gasteiger partial charge in [0.1, 0.15) is 17.2 Å². The highest BCUT2D eigenvalue weighted by Crippen LogP contribution is 2.42. The number of aromatic nitrogens is 4. The average Bonchev–Trinajstić information content (AvgIpc) is 4.16. The fourth-order valence-electron chi connectivity index (χ4n) is 8.52. The summed E-state index contributed by atoms with van der Waals surface area (Å²) in [6, 6.07) is 35.8. The number of benzene rings is 3. The zero-order valence-electron chi connectivity index (χ0n) is 37.4. The van der Waals surface area contributed by atoms with E-state index in [2.05, 4.69) is 158 Å². The molecule has 0 spiro atoms. The minimum atomic E-state index is 0.650. The molecular formula is C56H62N4O3. The molecule has 7 nitrogen and oxygen atoms in total. The highest BCUT2D eigenvalue weighted by molar-refractivity contribution is 5.99. The predicted molar refractivity (Wildman–Crippen MR) is 264 cm³/mol. The molecule has 0 amide bonds. The van der Waals surface area contributed by atoms with Crippen LogP contribution in [0.15, 0.2) is 103 Å². The number of para-hydroxylation sites is 3. The van der Waals surface area contributed by atoms with Crippen molar-refractivity contribution in [3.63, 3.8) is 0 Å². The van der Waals surface area contributed by atoms with Crippen LogP contribution in [0.5, 0.6) is 17.2 Å². The van der Waals surface area contributed by atoms with E-state index in [1.54, 1.807) is 0 Å². The number of rotatable bonds is 21. The van der Waals surface area contributed by atoms with Crippen molar-refractivity contribution < 1.29 is 14.2 Å². The summed E-state index contributed by atoms with van der Waals surface area (Å²) in [7, 11) is 0. The molecule has 324 valence electrons. The first-order valence-electron chi connectivity index (χ1n) is 23.4. The number of aromatic amines is 2. The van der Waals surface area contributed by atoms with Crippen LogP contribution in [0.4, 0.5) is 0 Å². The molecule has 2 aliphatic heterocycles. The van der Waals surface area contributed by atoms with Crippen LogP contribution in [0.25, 0.3) is 79.8 Å². The van der Waals surface area contributed by atoms with Crippen molar-refractivity contribution in [1.82, 2.24) is 19.9 Å². The van der Waals surface area contributed by atoms with Crippen molar-refractivity contribution in [2.75, 3.05) is 19.8 Å². The van der Waals surface area contributed by atoms with E-state index < -0.39 is 0 Å². The van der Waals surface area contributed by atoms with Gasteiger partial charge in [0.15, 0.2) is 0 Å². The van der Waals surface area contributed by atoms with Gasteiger partial charge in [-0.3, -0.25) is 0 Å². The van der Waals surface area contributed by atoms with Gasteiger partial charge in [0.25, 0.3) is 0 Å². The van der Waals surface area contributed by atoms with Crippen LogP contribution >= 0.6 is 0 Å². The number of nitrogens with one attached hydrogen (secondary N) is 2. The summed E-state index contributed by atoms with van der Waals surface area (Å²) in [6.45, 7) is 8.68. The number of hydrogen-bond donors (Lipinski definition) is 2. The predicted octanol–water partition coefficient (Wildman–Crippen LogP) is 15.5. The lowest BCUT2D eigenvalue weighted by atomic mass is 10.0. The Morgan fingerprint density at radius 2 is 0.794 bits per heavy atom. The Balaban J connectivity index is 1.37. The smallest absolute Gasteiger partial charge is 0.127 e. The molecule has 0 saturated heterocycles. The maximum absolute atomic E-state index is 6.62.